The van der Waals surface area contributed by atoms with E-state index in [9.17, 15) is 9.90 Å². The number of imidazole rings is 1. The number of rotatable bonds is 11. The third kappa shape index (κ3) is 5.97. The van der Waals surface area contributed by atoms with Crippen LogP contribution in [0, 0.1) is 0 Å². The van der Waals surface area contributed by atoms with Crippen molar-refractivity contribution in [2.45, 2.75) is 30.5 Å². The number of hydrogen-bond donors (Lipinski definition) is 2. The summed E-state index contributed by atoms with van der Waals surface area (Å²) in [5.74, 6) is 1.57. The van der Waals surface area contributed by atoms with Gasteiger partial charge in [-0.15, -0.1) is 0 Å². The van der Waals surface area contributed by atoms with E-state index in [0.29, 0.717) is 11.5 Å². The summed E-state index contributed by atoms with van der Waals surface area (Å²) in [5.41, 5.74) is 1.59. The van der Waals surface area contributed by atoms with Crippen LogP contribution in [0.5, 0.6) is 11.5 Å². The molecule has 0 unspecified atom stereocenters. The highest BCUT2D eigenvalue weighted by Gasteiger charge is 2.42. The lowest BCUT2D eigenvalue weighted by molar-refractivity contribution is -0.0930. The van der Waals surface area contributed by atoms with E-state index in [1.54, 1.807) is 23.7 Å². The lowest BCUT2D eigenvalue weighted by Gasteiger charge is -2.37. The number of aromatic amines is 1. The number of fused-ring (bicyclic) bond motifs is 1. The van der Waals surface area contributed by atoms with Crippen LogP contribution in [0.25, 0.3) is 11.2 Å². The molecule has 1 fully saturated rings. The van der Waals surface area contributed by atoms with E-state index in [1.807, 2.05) is 93.0 Å². The molecular weight excluding hydrogens is 588 g/mol. The monoisotopic (exact) mass is 624 g/mol. The Bertz CT molecular complexity index is 1810. The highest BCUT2D eigenvalue weighted by Crippen LogP contribution is 2.43. The number of hydrogen-bond acceptors (Lipinski definition) is 9. The van der Waals surface area contributed by atoms with Gasteiger partial charge in [0.15, 0.2) is 11.2 Å². The van der Waals surface area contributed by atoms with Gasteiger partial charge in [-0.1, -0.05) is 54.6 Å². The van der Waals surface area contributed by atoms with Crippen molar-refractivity contribution in [2.24, 2.45) is 4.99 Å². The summed E-state index contributed by atoms with van der Waals surface area (Å²) in [6, 6.07) is 25.4. The molecule has 0 radical (unpaired) electrons. The molecule has 1 aliphatic rings. The molecule has 2 N–H and O–H groups in total. The molecule has 46 heavy (non-hydrogen) atoms. The molecule has 3 atom stereocenters. The maximum Gasteiger partial charge on any atom is 0.278 e. The second-order valence-corrected chi connectivity index (χ2v) is 11.2. The summed E-state index contributed by atoms with van der Waals surface area (Å²) in [4.78, 5) is 30.3. The van der Waals surface area contributed by atoms with Crippen molar-refractivity contribution in [2.75, 3.05) is 34.9 Å². The van der Waals surface area contributed by atoms with Gasteiger partial charge in [0.25, 0.3) is 5.56 Å². The molecule has 2 aromatic heterocycles. The van der Waals surface area contributed by atoms with Crippen molar-refractivity contribution < 1.29 is 24.1 Å². The van der Waals surface area contributed by atoms with Crippen LogP contribution < -0.4 is 15.0 Å². The number of aliphatic imine (C=N–C) groups is 1. The summed E-state index contributed by atoms with van der Waals surface area (Å²) in [5, 5.41) is 11.2. The Morgan fingerprint density at radius 2 is 1.61 bits per heavy atom. The van der Waals surface area contributed by atoms with Crippen LogP contribution >= 0.6 is 0 Å². The number of aliphatic hydroxyl groups is 1. The Kier molecular flexibility index (Phi) is 8.84. The second-order valence-electron chi connectivity index (χ2n) is 11.2. The first-order valence-corrected chi connectivity index (χ1v) is 14.8. The zero-order valence-electron chi connectivity index (χ0n) is 26.0. The van der Waals surface area contributed by atoms with Crippen molar-refractivity contribution in [1.29, 1.82) is 0 Å². The lowest BCUT2D eigenvalue weighted by atomic mass is 9.80. The average molecular weight is 625 g/mol. The molecular formula is C34H36N6O6. The number of benzene rings is 3. The molecule has 0 spiro atoms. The van der Waals surface area contributed by atoms with Gasteiger partial charge in [0.05, 0.1) is 39.6 Å². The summed E-state index contributed by atoms with van der Waals surface area (Å²) in [6.45, 7) is 0.0370. The fourth-order valence-corrected chi connectivity index (χ4v) is 5.71. The quantitative estimate of drug-likeness (QED) is 0.127. The number of nitrogens with one attached hydrogen (secondary N) is 1. The minimum atomic E-state index is -1.08. The lowest BCUT2D eigenvalue weighted by Crippen LogP contribution is -2.38. The first-order chi connectivity index (χ1) is 22.3. The van der Waals surface area contributed by atoms with Crippen LogP contribution in [0.1, 0.15) is 29.3 Å². The number of nitrogens with zero attached hydrogens (tertiary/aromatic N) is 5. The molecule has 1 saturated heterocycles. The third-order valence-corrected chi connectivity index (χ3v) is 7.99. The summed E-state index contributed by atoms with van der Waals surface area (Å²) in [7, 11) is 6.88. The summed E-state index contributed by atoms with van der Waals surface area (Å²) < 4.78 is 25.8. The molecule has 3 heterocycles. The number of H-pyrrole nitrogens is 1. The fraction of sp³-hybridized carbons (Fsp3) is 0.294. The van der Waals surface area contributed by atoms with Gasteiger partial charge in [-0.2, -0.15) is 4.98 Å². The van der Waals surface area contributed by atoms with Crippen LogP contribution in [0.15, 0.2) is 95.0 Å². The van der Waals surface area contributed by atoms with Gasteiger partial charge in [0.2, 0.25) is 5.95 Å². The van der Waals surface area contributed by atoms with Crippen molar-refractivity contribution in [3.05, 3.63) is 112 Å². The van der Waals surface area contributed by atoms with Crippen molar-refractivity contribution in [3.8, 4) is 11.5 Å². The predicted molar refractivity (Wildman–Crippen MR) is 173 cm³/mol. The zero-order chi connectivity index (χ0) is 32.3. The Balaban J connectivity index is 1.33. The topological polar surface area (TPSA) is 136 Å². The molecule has 0 aliphatic carbocycles. The van der Waals surface area contributed by atoms with Gasteiger partial charge >= 0.3 is 0 Å². The van der Waals surface area contributed by atoms with Crippen LogP contribution in [0.4, 0.5) is 5.95 Å². The Hall–Kier alpha value is -5.04. The minimum absolute atomic E-state index is 0.0370. The van der Waals surface area contributed by atoms with Gasteiger partial charge in [-0.25, -0.2) is 9.98 Å². The number of ether oxygens (including phenoxy) is 4. The molecule has 1 aliphatic heterocycles. The first kappa shape index (κ1) is 31.0. The third-order valence-electron chi connectivity index (χ3n) is 7.99. The standard InChI is InChI=1S/C34H36N6O6/c1-39(2)20-36-33-37-31-30(32(42)38-33)40(21-35-31)29-18-27(41)28(46-29)19-45-34(22-8-6-5-7-9-22,23-10-14-25(43-3)15-11-23)24-12-16-26(44-4)17-13-24/h5-17,20-21,27-29,41H,18-19H2,1-4H3,(H,37,38,42)/b36-20+/t27-,28+,29+/m0/s1. The normalized spacial score (nSPS) is 18.3. The molecule has 0 saturated carbocycles. The number of methoxy groups -OCH3 is 2. The predicted octanol–water partition coefficient (Wildman–Crippen LogP) is 4.02. The van der Waals surface area contributed by atoms with Gasteiger partial charge in [0, 0.05) is 20.5 Å². The van der Waals surface area contributed by atoms with Gasteiger partial charge in [-0.3, -0.25) is 14.3 Å². The molecule has 238 valence electrons. The molecule has 3 aromatic carbocycles. The first-order valence-electron chi connectivity index (χ1n) is 14.8. The largest absolute Gasteiger partial charge is 0.497 e. The van der Waals surface area contributed by atoms with Gasteiger partial charge in [0.1, 0.15) is 29.4 Å². The van der Waals surface area contributed by atoms with E-state index < -0.39 is 29.6 Å². The second kappa shape index (κ2) is 13.1. The molecule has 12 nitrogen and oxygen atoms in total. The van der Waals surface area contributed by atoms with E-state index in [-0.39, 0.29) is 30.1 Å². The highest BCUT2D eigenvalue weighted by molar-refractivity contribution is 5.71. The number of aromatic nitrogens is 4. The Labute approximate surface area is 265 Å². The van der Waals surface area contributed by atoms with E-state index in [0.717, 1.165) is 16.7 Å². The van der Waals surface area contributed by atoms with Crippen LogP contribution in [0.3, 0.4) is 0 Å². The zero-order valence-corrected chi connectivity index (χ0v) is 26.0. The van der Waals surface area contributed by atoms with E-state index in [2.05, 4.69) is 19.9 Å². The highest BCUT2D eigenvalue weighted by atomic mass is 16.6. The average Bonchev–Trinajstić information content (AvgIpc) is 3.68. The van der Waals surface area contributed by atoms with Gasteiger partial charge in [-0.05, 0) is 41.0 Å². The molecule has 0 bridgehead atoms. The SMILES string of the molecule is COc1ccc(C(OC[C@H]2O[C@@H](n3cnc4nc(/N=C/N(C)C)[nH]c(=O)c43)C[C@@H]2O)(c2ccccc2)c2ccc(OC)cc2)cc1. The van der Waals surface area contributed by atoms with Crippen molar-refractivity contribution in [3.63, 3.8) is 0 Å². The van der Waals surface area contributed by atoms with E-state index in [4.69, 9.17) is 18.9 Å². The molecule has 0 amide bonds. The van der Waals surface area contributed by atoms with E-state index in [1.165, 1.54) is 12.7 Å². The van der Waals surface area contributed by atoms with Crippen molar-refractivity contribution in [1.82, 2.24) is 24.4 Å². The fourth-order valence-electron chi connectivity index (χ4n) is 5.71. The maximum absolute atomic E-state index is 13.1. The van der Waals surface area contributed by atoms with Gasteiger partial charge < -0.3 is 29.0 Å². The molecule has 12 heteroatoms. The summed E-state index contributed by atoms with van der Waals surface area (Å²) >= 11 is 0. The number of aliphatic hydroxyl groups excluding tert-OH is 1. The molecule has 6 rings (SSSR count). The van der Waals surface area contributed by atoms with Crippen molar-refractivity contribution >= 4 is 23.5 Å². The van der Waals surface area contributed by atoms with Crippen LogP contribution in [-0.4, -0.2) is 83.0 Å². The maximum atomic E-state index is 13.1. The Morgan fingerprint density at radius 1 is 1.00 bits per heavy atom. The summed E-state index contributed by atoms with van der Waals surface area (Å²) in [6.07, 6.45) is 1.01. The van der Waals surface area contributed by atoms with E-state index >= 15 is 0 Å². The smallest absolute Gasteiger partial charge is 0.278 e. The minimum Gasteiger partial charge on any atom is -0.497 e. The van der Waals surface area contributed by atoms with Crippen LogP contribution in [0.2, 0.25) is 0 Å². The molecule has 5 aromatic rings. The van der Waals surface area contributed by atoms with Crippen LogP contribution in [-0.2, 0) is 15.1 Å². The Morgan fingerprint density at radius 3 is 2.20 bits per heavy atom.